The van der Waals surface area contributed by atoms with Crippen LogP contribution in [0.5, 0.6) is 0 Å². The number of hydrogen-bond donors (Lipinski definition) is 3. The third-order valence-corrected chi connectivity index (χ3v) is 1.02. The van der Waals surface area contributed by atoms with Crippen LogP contribution in [0.25, 0.3) is 0 Å². The summed E-state index contributed by atoms with van der Waals surface area (Å²) in [6, 6.07) is 0. The Morgan fingerprint density at radius 1 is 1.71 bits per heavy atom. The highest BCUT2D eigenvalue weighted by atomic mass is 32.2. The summed E-state index contributed by atoms with van der Waals surface area (Å²) in [6.45, 7) is 0. The fourth-order valence-electron chi connectivity index (χ4n) is 0. The van der Waals surface area contributed by atoms with Crippen LogP contribution in [-0.2, 0) is 0 Å². The van der Waals surface area contributed by atoms with Crippen molar-refractivity contribution in [3.05, 3.63) is 0 Å². The van der Waals surface area contributed by atoms with Crippen molar-refractivity contribution in [1.29, 1.82) is 0 Å². The maximum absolute atomic E-state index is 8.06. The van der Waals surface area contributed by atoms with Gasteiger partial charge in [-0.15, -0.1) is 0 Å². The molecule has 0 fully saturated rings. The van der Waals surface area contributed by atoms with Gasteiger partial charge in [-0.1, -0.05) is 11.8 Å². The lowest BCUT2D eigenvalue weighted by atomic mass is 11.7. The molecule has 0 heterocycles. The molecule has 3 nitrogen and oxygen atoms in total. The van der Waals surface area contributed by atoms with Gasteiger partial charge in [0.05, 0.1) is 0 Å². The predicted molar refractivity (Wildman–Crippen MR) is 37.1 cm³/mol. The van der Waals surface area contributed by atoms with Crippen molar-refractivity contribution in [2.24, 2.45) is 11.7 Å². The number of thioether (sulfide) groups is 1. The van der Waals surface area contributed by atoms with Gasteiger partial charge in [0.25, 0.3) is 0 Å². The van der Waals surface area contributed by atoms with E-state index in [1.54, 1.807) is 6.26 Å². The number of hydrazine groups is 1. The van der Waals surface area contributed by atoms with Crippen LogP contribution in [0.3, 0.4) is 0 Å². The largest absolute Gasteiger partial charge is 0.494 e. The number of nitrogens with two attached hydrogens (primary N) is 2. The predicted octanol–water partition coefficient (Wildman–Crippen LogP) is 0.0111. The lowest BCUT2D eigenvalue weighted by Gasteiger charge is -1.76. The molecule has 0 spiro atoms. The van der Waals surface area contributed by atoms with Gasteiger partial charge in [0.2, 0.25) is 4.38 Å². The van der Waals surface area contributed by atoms with Crippen molar-refractivity contribution in [3.8, 4) is 0 Å². The summed E-state index contributed by atoms with van der Waals surface area (Å²) in [7, 11) is 0. The summed E-state index contributed by atoms with van der Waals surface area (Å²) in [5.74, 6) is 8.00. The summed E-state index contributed by atoms with van der Waals surface area (Å²) in [5, 5.41) is 8.06. The summed E-state index contributed by atoms with van der Waals surface area (Å²) >= 11 is 5.38. The molecule has 0 aliphatic carbocycles. The summed E-state index contributed by atoms with van der Waals surface area (Å²) < 4.78 is 0.00463. The Morgan fingerprint density at radius 3 is 1.86 bits per heavy atom. The van der Waals surface area contributed by atoms with Crippen LogP contribution in [0.1, 0.15) is 0 Å². The number of hydrogen-bond acceptors (Lipinski definition) is 4. The molecule has 0 aromatic carbocycles. The zero-order valence-corrected chi connectivity index (χ0v) is 5.55. The SMILES string of the molecule is CSC(O)=S.NN. The maximum atomic E-state index is 8.06. The molecular weight excluding hydrogens is 132 g/mol. The van der Waals surface area contributed by atoms with Gasteiger partial charge in [-0.2, -0.15) is 0 Å². The van der Waals surface area contributed by atoms with E-state index < -0.39 is 0 Å². The molecule has 0 radical (unpaired) electrons. The lowest BCUT2D eigenvalue weighted by molar-refractivity contribution is 0.586. The van der Waals surface area contributed by atoms with Gasteiger partial charge in [-0.05, 0) is 18.5 Å². The van der Waals surface area contributed by atoms with E-state index in [0.29, 0.717) is 0 Å². The maximum Gasteiger partial charge on any atom is 0.217 e. The zero-order chi connectivity index (χ0) is 6.28. The minimum absolute atomic E-state index is 0.00463. The van der Waals surface area contributed by atoms with Gasteiger partial charge >= 0.3 is 0 Å². The topological polar surface area (TPSA) is 72.3 Å². The Labute approximate surface area is 52.0 Å². The first-order valence-electron chi connectivity index (χ1n) is 1.37. The van der Waals surface area contributed by atoms with Crippen LogP contribution in [0.4, 0.5) is 0 Å². The van der Waals surface area contributed by atoms with E-state index in [0.717, 1.165) is 0 Å². The summed E-state index contributed by atoms with van der Waals surface area (Å²) in [4.78, 5) is 0. The highest BCUT2D eigenvalue weighted by Gasteiger charge is 1.74. The second-order valence-corrected chi connectivity index (χ2v) is 1.91. The molecule has 0 atom stereocenters. The second-order valence-electron chi connectivity index (χ2n) is 0.470. The molecule has 0 saturated heterocycles. The molecule has 0 aliphatic rings. The van der Waals surface area contributed by atoms with Crippen LogP contribution in [0.2, 0.25) is 0 Å². The first kappa shape index (κ1) is 10.2. The van der Waals surface area contributed by atoms with Crippen LogP contribution < -0.4 is 11.7 Å². The van der Waals surface area contributed by atoms with E-state index in [2.05, 4.69) is 23.9 Å². The quantitative estimate of drug-likeness (QED) is 0.251. The van der Waals surface area contributed by atoms with Crippen molar-refractivity contribution < 1.29 is 5.11 Å². The summed E-state index contributed by atoms with van der Waals surface area (Å²) in [6.07, 6.45) is 1.72. The van der Waals surface area contributed by atoms with E-state index in [-0.39, 0.29) is 4.38 Å². The number of aliphatic hydroxyl groups excluding tert-OH is 1. The van der Waals surface area contributed by atoms with Crippen molar-refractivity contribution in [2.45, 2.75) is 0 Å². The van der Waals surface area contributed by atoms with Crippen LogP contribution in [-0.4, -0.2) is 15.7 Å². The van der Waals surface area contributed by atoms with E-state index in [4.69, 9.17) is 5.11 Å². The average Bonchev–Trinajstić information content (AvgIpc) is 1.73. The molecule has 0 bridgehead atoms. The number of rotatable bonds is 0. The molecule has 5 N–H and O–H groups in total. The normalized spacial score (nSPS) is 6.14. The van der Waals surface area contributed by atoms with E-state index in [1.807, 2.05) is 0 Å². The van der Waals surface area contributed by atoms with Crippen LogP contribution in [0.15, 0.2) is 0 Å². The minimum Gasteiger partial charge on any atom is -0.494 e. The van der Waals surface area contributed by atoms with E-state index >= 15 is 0 Å². The van der Waals surface area contributed by atoms with Crippen LogP contribution >= 0.6 is 24.0 Å². The van der Waals surface area contributed by atoms with Gasteiger partial charge in [0.15, 0.2) is 0 Å². The molecule has 0 aromatic heterocycles. The molecule has 0 saturated carbocycles. The standard InChI is InChI=1S/C2H4OS2.H4N2/c1-5-2(3)4;1-2/h1H3,(H,3,4);1-2H2. The Kier molecular flexibility index (Phi) is 13.8. The third kappa shape index (κ3) is 22.8. The molecule has 0 amide bonds. The number of thiocarbonyl (C=S) groups is 1. The van der Waals surface area contributed by atoms with Gasteiger partial charge in [0.1, 0.15) is 0 Å². The average molecular weight is 140 g/mol. The molecule has 0 unspecified atom stereocenters. The Morgan fingerprint density at radius 2 is 1.86 bits per heavy atom. The first-order valence-corrected chi connectivity index (χ1v) is 3.01. The molecule has 0 rings (SSSR count). The Hall–Kier alpha value is 0.160. The van der Waals surface area contributed by atoms with Crippen molar-refractivity contribution >= 4 is 28.4 Å². The van der Waals surface area contributed by atoms with Gasteiger partial charge < -0.3 is 5.11 Å². The van der Waals surface area contributed by atoms with Gasteiger partial charge in [-0.3, -0.25) is 11.7 Å². The minimum atomic E-state index is 0.00463. The third-order valence-electron chi connectivity index (χ3n) is 0.175. The molecular formula is C2H8N2OS2. The first-order chi connectivity index (χ1) is 3.27. The molecule has 7 heavy (non-hydrogen) atoms. The van der Waals surface area contributed by atoms with E-state index in [1.165, 1.54) is 11.8 Å². The fourth-order valence-corrected chi connectivity index (χ4v) is 0. The molecule has 44 valence electrons. The molecule has 5 heteroatoms. The highest BCUT2D eigenvalue weighted by Crippen LogP contribution is 1.89. The van der Waals surface area contributed by atoms with Crippen LogP contribution in [0, 0.1) is 0 Å². The highest BCUT2D eigenvalue weighted by molar-refractivity contribution is 8.22. The smallest absolute Gasteiger partial charge is 0.217 e. The lowest BCUT2D eigenvalue weighted by Crippen LogP contribution is -2.02. The van der Waals surface area contributed by atoms with E-state index in [9.17, 15) is 0 Å². The zero-order valence-electron chi connectivity index (χ0n) is 3.92. The van der Waals surface area contributed by atoms with Gasteiger partial charge in [-0.25, -0.2) is 0 Å². The monoisotopic (exact) mass is 140 g/mol. The van der Waals surface area contributed by atoms with Crippen molar-refractivity contribution in [1.82, 2.24) is 0 Å². The Balaban J connectivity index is 0. The van der Waals surface area contributed by atoms with Crippen molar-refractivity contribution in [2.75, 3.05) is 6.26 Å². The summed E-state index contributed by atoms with van der Waals surface area (Å²) in [5.41, 5.74) is 0. The second kappa shape index (κ2) is 9.48. The molecule has 0 aliphatic heterocycles. The number of aliphatic hydroxyl groups is 1. The fraction of sp³-hybridized carbons (Fsp3) is 0.500. The van der Waals surface area contributed by atoms with Gasteiger partial charge in [0, 0.05) is 0 Å². The van der Waals surface area contributed by atoms with Crippen molar-refractivity contribution in [3.63, 3.8) is 0 Å². The molecule has 0 aromatic rings. The Bertz CT molecular complexity index is 49.0.